The molecule has 2 rings (SSSR count). The molecule has 1 saturated carbocycles. The zero-order valence-corrected chi connectivity index (χ0v) is 17.4. The van der Waals surface area contributed by atoms with Gasteiger partial charge < -0.3 is 0 Å². The highest BCUT2D eigenvalue weighted by molar-refractivity contribution is 6.53. The molecule has 0 bridgehead atoms. The highest BCUT2D eigenvalue weighted by Gasteiger charge is 2.68. The fourth-order valence-electron chi connectivity index (χ4n) is 2.55. The molecule has 138 valence electrons. The number of hydrogen-bond acceptors (Lipinski definition) is 2. The van der Waals surface area contributed by atoms with Gasteiger partial charge in [-0.15, -0.1) is 34.8 Å². The van der Waals surface area contributed by atoms with E-state index >= 15 is 0 Å². The first kappa shape index (κ1) is 20.5. The van der Waals surface area contributed by atoms with Crippen LogP contribution in [0.5, 0.6) is 0 Å². The van der Waals surface area contributed by atoms with Gasteiger partial charge in [-0.1, -0.05) is 45.0 Å². The van der Waals surface area contributed by atoms with E-state index in [1.165, 1.54) is 5.56 Å². The van der Waals surface area contributed by atoms with Crippen molar-refractivity contribution in [3.8, 4) is 0 Å². The number of hydrogen-bond donors (Lipinski definition) is 1. The third-order valence-corrected chi connectivity index (χ3v) is 6.05. The zero-order valence-electron chi connectivity index (χ0n) is 15.1. The van der Waals surface area contributed by atoms with Crippen molar-refractivity contribution in [3.05, 3.63) is 35.4 Å². The van der Waals surface area contributed by atoms with Crippen LogP contribution in [0.1, 0.15) is 58.1 Å². The van der Waals surface area contributed by atoms with E-state index < -0.39 is 9.75 Å². The molecule has 0 saturated heterocycles. The average Bonchev–Trinajstić information content (AvgIpc) is 3.06. The van der Waals surface area contributed by atoms with Crippen molar-refractivity contribution in [1.82, 2.24) is 5.43 Å². The largest absolute Gasteiger partial charge is 0.272 e. The fraction of sp³-hybridized carbons (Fsp3) is 0.579. The summed E-state index contributed by atoms with van der Waals surface area (Å²) < 4.78 is -1.00. The van der Waals surface area contributed by atoms with Crippen LogP contribution in [0.25, 0.3) is 0 Å². The molecule has 0 spiro atoms. The summed E-state index contributed by atoms with van der Waals surface area (Å²) in [4.78, 5) is 12.3. The highest BCUT2D eigenvalue weighted by atomic mass is 35.5. The Morgan fingerprint density at radius 1 is 1.24 bits per heavy atom. The second kappa shape index (κ2) is 7.46. The number of alkyl halides is 3. The number of nitrogens with zero attached hydrogens (tertiary/aromatic N) is 1. The van der Waals surface area contributed by atoms with Crippen molar-refractivity contribution in [2.75, 3.05) is 5.88 Å². The van der Waals surface area contributed by atoms with Gasteiger partial charge in [0, 0.05) is 5.88 Å². The summed E-state index contributed by atoms with van der Waals surface area (Å²) in [6.45, 7) is 8.26. The molecule has 1 amide bonds. The SMILES string of the molecule is CC(C)(C)c1ccc(/C(CCCCl)=N\NC(=O)[C@@]2(C)CC2(Cl)Cl)cc1. The van der Waals surface area contributed by atoms with E-state index in [9.17, 15) is 4.79 Å². The van der Waals surface area contributed by atoms with Crippen molar-refractivity contribution >= 4 is 46.4 Å². The van der Waals surface area contributed by atoms with E-state index in [-0.39, 0.29) is 11.3 Å². The quantitative estimate of drug-likeness (QED) is 0.385. The van der Waals surface area contributed by atoms with E-state index in [2.05, 4.69) is 43.4 Å². The number of nitrogens with one attached hydrogen (secondary N) is 1. The number of halogens is 3. The van der Waals surface area contributed by atoms with Crippen LogP contribution in [0.2, 0.25) is 0 Å². The molecule has 0 aliphatic heterocycles. The molecule has 1 N–H and O–H groups in total. The van der Waals surface area contributed by atoms with E-state index in [1.54, 1.807) is 6.92 Å². The van der Waals surface area contributed by atoms with Gasteiger partial charge in [0.05, 0.1) is 11.1 Å². The monoisotopic (exact) mass is 402 g/mol. The molecular weight excluding hydrogens is 379 g/mol. The Bertz CT molecular complexity index is 662. The molecule has 1 fully saturated rings. The number of carbonyl (C=O) groups excluding carboxylic acids is 1. The molecule has 6 heteroatoms. The number of benzene rings is 1. The normalized spacial score (nSPS) is 22.6. The Morgan fingerprint density at radius 2 is 1.80 bits per heavy atom. The first-order chi connectivity index (χ1) is 11.5. The molecule has 0 unspecified atom stereocenters. The van der Waals surface area contributed by atoms with Crippen LogP contribution in [-0.4, -0.2) is 21.8 Å². The first-order valence-electron chi connectivity index (χ1n) is 8.43. The van der Waals surface area contributed by atoms with Crippen LogP contribution in [-0.2, 0) is 10.2 Å². The van der Waals surface area contributed by atoms with Gasteiger partial charge in [-0.05, 0) is 42.7 Å². The van der Waals surface area contributed by atoms with E-state index in [0.717, 1.165) is 17.7 Å². The second-order valence-electron chi connectivity index (χ2n) is 7.83. The Labute approximate surface area is 165 Å². The van der Waals surface area contributed by atoms with Gasteiger partial charge in [0.15, 0.2) is 0 Å². The summed E-state index contributed by atoms with van der Waals surface area (Å²) in [5.74, 6) is 0.282. The van der Waals surface area contributed by atoms with Crippen LogP contribution >= 0.6 is 34.8 Å². The molecule has 1 aliphatic carbocycles. The fourth-order valence-corrected chi connectivity index (χ4v) is 3.39. The van der Waals surface area contributed by atoms with Crippen LogP contribution in [0.3, 0.4) is 0 Å². The summed E-state index contributed by atoms with van der Waals surface area (Å²) >= 11 is 17.9. The van der Waals surface area contributed by atoms with E-state index in [1.807, 2.05) is 12.1 Å². The van der Waals surface area contributed by atoms with Crippen LogP contribution in [0.4, 0.5) is 0 Å². The Morgan fingerprint density at radius 3 is 2.24 bits per heavy atom. The number of hydrazone groups is 1. The lowest BCUT2D eigenvalue weighted by Gasteiger charge is -2.19. The highest BCUT2D eigenvalue weighted by Crippen LogP contribution is 2.63. The van der Waals surface area contributed by atoms with Gasteiger partial charge in [0.2, 0.25) is 5.91 Å². The van der Waals surface area contributed by atoms with Crippen LogP contribution in [0.15, 0.2) is 29.4 Å². The van der Waals surface area contributed by atoms with Gasteiger partial charge in [0.1, 0.15) is 4.33 Å². The van der Waals surface area contributed by atoms with E-state index in [0.29, 0.717) is 18.7 Å². The van der Waals surface area contributed by atoms with Gasteiger partial charge in [0.25, 0.3) is 0 Å². The predicted molar refractivity (Wildman–Crippen MR) is 107 cm³/mol. The lowest BCUT2D eigenvalue weighted by atomic mass is 9.86. The Kier molecular flexibility index (Phi) is 6.13. The van der Waals surface area contributed by atoms with Crippen molar-refractivity contribution in [2.45, 2.75) is 56.7 Å². The maximum atomic E-state index is 12.3. The minimum Gasteiger partial charge on any atom is -0.272 e. The molecule has 1 aliphatic rings. The molecule has 0 heterocycles. The second-order valence-corrected chi connectivity index (χ2v) is 9.69. The van der Waals surface area contributed by atoms with Gasteiger partial charge in [-0.25, -0.2) is 5.43 Å². The molecule has 3 nitrogen and oxygen atoms in total. The minimum absolute atomic E-state index is 0.0881. The third-order valence-electron chi connectivity index (χ3n) is 4.68. The van der Waals surface area contributed by atoms with Gasteiger partial charge >= 0.3 is 0 Å². The van der Waals surface area contributed by atoms with Crippen molar-refractivity contribution < 1.29 is 4.79 Å². The predicted octanol–water partition coefficient (Wildman–Crippen LogP) is 5.41. The summed E-state index contributed by atoms with van der Waals surface area (Å²) in [6, 6.07) is 8.26. The number of rotatable bonds is 6. The summed E-state index contributed by atoms with van der Waals surface area (Å²) in [5, 5.41) is 4.34. The molecule has 25 heavy (non-hydrogen) atoms. The van der Waals surface area contributed by atoms with Gasteiger partial charge in [-0.3, -0.25) is 4.79 Å². The average molecular weight is 404 g/mol. The van der Waals surface area contributed by atoms with Crippen molar-refractivity contribution in [2.24, 2.45) is 10.5 Å². The number of amides is 1. The summed E-state index contributed by atoms with van der Waals surface area (Å²) in [6.07, 6.45) is 1.90. The van der Waals surface area contributed by atoms with E-state index in [4.69, 9.17) is 34.8 Å². The van der Waals surface area contributed by atoms with Crippen molar-refractivity contribution in [1.29, 1.82) is 0 Å². The molecule has 0 aromatic heterocycles. The number of carbonyl (C=O) groups is 1. The maximum absolute atomic E-state index is 12.3. The lowest BCUT2D eigenvalue weighted by Crippen LogP contribution is -2.30. The molecule has 1 atom stereocenters. The summed E-state index contributed by atoms with van der Waals surface area (Å²) in [7, 11) is 0. The minimum atomic E-state index is -1.00. The Hall–Kier alpha value is -0.770. The molecule has 1 aromatic carbocycles. The molecule has 1 aromatic rings. The van der Waals surface area contributed by atoms with Gasteiger partial charge in [-0.2, -0.15) is 5.10 Å². The smallest absolute Gasteiger partial charge is 0.249 e. The summed E-state index contributed by atoms with van der Waals surface area (Å²) in [5.41, 5.74) is 4.95. The first-order valence-corrected chi connectivity index (χ1v) is 9.72. The lowest BCUT2D eigenvalue weighted by molar-refractivity contribution is -0.125. The standard InChI is InChI=1S/C19H25Cl3N2O/c1-17(2,3)14-9-7-13(8-10-14)15(6-5-11-20)23-24-16(25)18(4)12-19(18,21)22/h7-10H,5-6,11-12H2,1-4H3,(H,24,25)/b23-15-/t18-/m1/s1. The maximum Gasteiger partial charge on any atom is 0.249 e. The Balaban J connectivity index is 2.17. The molecule has 0 radical (unpaired) electrons. The zero-order chi connectivity index (χ0) is 18.9. The van der Waals surface area contributed by atoms with Crippen molar-refractivity contribution in [3.63, 3.8) is 0 Å². The van der Waals surface area contributed by atoms with Crippen LogP contribution in [0, 0.1) is 5.41 Å². The topological polar surface area (TPSA) is 41.5 Å². The molecular formula is C19H25Cl3N2O. The van der Waals surface area contributed by atoms with Crippen LogP contribution < -0.4 is 5.43 Å². The third kappa shape index (κ3) is 4.69.